The molecule has 1 heterocycles. The van der Waals surface area contributed by atoms with Crippen LogP contribution in [0.15, 0.2) is 16.3 Å². The second-order valence-corrected chi connectivity index (χ2v) is 8.48. The number of sulfonamides is 1. The van der Waals surface area contributed by atoms with E-state index in [4.69, 9.17) is 5.11 Å². The fourth-order valence-corrected chi connectivity index (χ4v) is 5.44. The molecule has 0 radical (unpaired) electrons. The third-order valence-corrected chi connectivity index (χ3v) is 7.08. The second-order valence-electron chi connectivity index (χ2n) is 5.46. The Labute approximate surface area is 129 Å². The van der Waals surface area contributed by atoms with Crippen LogP contribution in [0.25, 0.3) is 0 Å². The van der Waals surface area contributed by atoms with E-state index in [-0.39, 0.29) is 15.1 Å². The fourth-order valence-electron chi connectivity index (χ4n) is 2.89. The third-order valence-electron chi connectivity index (χ3n) is 4.02. The lowest BCUT2D eigenvalue weighted by molar-refractivity contribution is 0.0702. The Bertz CT molecular complexity index is 588. The zero-order valence-electron chi connectivity index (χ0n) is 12.0. The van der Waals surface area contributed by atoms with E-state index in [9.17, 15) is 13.2 Å². The first-order valence-corrected chi connectivity index (χ1v) is 9.59. The fraction of sp³-hybridized carbons (Fsp3) is 0.643. The lowest BCUT2D eigenvalue weighted by Crippen LogP contribution is -2.40. The quantitative estimate of drug-likeness (QED) is 0.839. The van der Waals surface area contributed by atoms with Gasteiger partial charge in [0.25, 0.3) is 0 Å². The number of hydrogen-bond donors (Lipinski definition) is 2. The van der Waals surface area contributed by atoms with Crippen molar-refractivity contribution in [2.24, 2.45) is 5.92 Å². The summed E-state index contributed by atoms with van der Waals surface area (Å²) in [6, 6.07) is 2.64. The molecule has 0 amide bonds. The number of nitrogens with one attached hydrogen (secondary N) is 1. The number of aromatic carboxylic acids is 1. The topological polar surface area (TPSA) is 83.5 Å². The lowest BCUT2D eigenvalue weighted by atomic mass is 9.83. The molecular formula is C14H21NO4S2. The molecule has 1 atom stereocenters. The normalized spacial score (nSPS) is 18.5. The molecule has 1 saturated carbocycles. The Hall–Kier alpha value is -0.920. The average Bonchev–Trinajstić information content (AvgIpc) is 2.96. The summed E-state index contributed by atoms with van der Waals surface area (Å²) in [6.07, 6.45) is 6.42. The van der Waals surface area contributed by atoms with Crippen LogP contribution in [0.2, 0.25) is 0 Å². The van der Waals surface area contributed by atoms with Crippen LogP contribution in [-0.4, -0.2) is 25.5 Å². The minimum absolute atomic E-state index is 0.0427. The summed E-state index contributed by atoms with van der Waals surface area (Å²) in [7, 11) is -3.63. The van der Waals surface area contributed by atoms with Gasteiger partial charge in [-0.15, -0.1) is 11.3 Å². The van der Waals surface area contributed by atoms with E-state index in [0.29, 0.717) is 5.92 Å². The number of carboxylic acid groups (broad SMARTS) is 1. The Kier molecular flexibility index (Phi) is 5.40. The molecule has 21 heavy (non-hydrogen) atoms. The van der Waals surface area contributed by atoms with Gasteiger partial charge in [-0.3, -0.25) is 0 Å². The highest BCUT2D eigenvalue weighted by Gasteiger charge is 2.28. The van der Waals surface area contributed by atoms with Gasteiger partial charge in [0.1, 0.15) is 9.09 Å². The monoisotopic (exact) mass is 331 g/mol. The van der Waals surface area contributed by atoms with Crippen molar-refractivity contribution in [2.75, 3.05) is 0 Å². The molecule has 118 valence electrons. The largest absolute Gasteiger partial charge is 0.477 e. The van der Waals surface area contributed by atoms with Gasteiger partial charge in [-0.05, 0) is 37.3 Å². The molecule has 0 aromatic carbocycles. The molecule has 2 N–H and O–H groups in total. The molecule has 0 bridgehead atoms. The Balaban J connectivity index is 2.12. The van der Waals surface area contributed by atoms with Gasteiger partial charge in [-0.1, -0.05) is 26.2 Å². The maximum absolute atomic E-state index is 12.4. The zero-order chi connectivity index (χ0) is 15.5. The minimum atomic E-state index is -3.63. The summed E-state index contributed by atoms with van der Waals surface area (Å²) in [6.45, 7) is 1.99. The third kappa shape index (κ3) is 4.05. The van der Waals surface area contributed by atoms with Crippen LogP contribution >= 0.6 is 11.3 Å². The molecule has 2 rings (SSSR count). The van der Waals surface area contributed by atoms with E-state index >= 15 is 0 Å². The van der Waals surface area contributed by atoms with Crippen molar-refractivity contribution in [3.8, 4) is 0 Å². The van der Waals surface area contributed by atoms with E-state index in [2.05, 4.69) is 4.72 Å². The van der Waals surface area contributed by atoms with Crippen molar-refractivity contribution >= 4 is 27.3 Å². The Morgan fingerprint density at radius 1 is 1.38 bits per heavy atom. The summed E-state index contributed by atoms with van der Waals surface area (Å²) in [5, 5.41) is 8.89. The smallest absolute Gasteiger partial charge is 0.345 e. The van der Waals surface area contributed by atoms with Gasteiger partial charge in [-0.25, -0.2) is 17.9 Å². The molecule has 0 spiro atoms. The van der Waals surface area contributed by atoms with Crippen LogP contribution < -0.4 is 4.72 Å². The summed E-state index contributed by atoms with van der Waals surface area (Å²) in [5.41, 5.74) is 0. The molecule has 1 aliphatic carbocycles. The first kappa shape index (κ1) is 16.5. The highest BCUT2D eigenvalue weighted by atomic mass is 32.2. The molecule has 1 aliphatic rings. The maximum Gasteiger partial charge on any atom is 0.345 e. The Morgan fingerprint density at radius 3 is 2.57 bits per heavy atom. The predicted octanol–water partition coefficient (Wildman–Crippen LogP) is 3.08. The van der Waals surface area contributed by atoms with Crippen molar-refractivity contribution in [3.63, 3.8) is 0 Å². The van der Waals surface area contributed by atoms with Gasteiger partial charge in [0.05, 0.1) is 0 Å². The second kappa shape index (κ2) is 6.89. The lowest BCUT2D eigenvalue weighted by Gasteiger charge is -2.29. The van der Waals surface area contributed by atoms with E-state index in [1.54, 1.807) is 0 Å². The van der Waals surface area contributed by atoms with Crippen molar-refractivity contribution < 1.29 is 18.3 Å². The number of carboxylic acids is 1. The van der Waals surface area contributed by atoms with Crippen LogP contribution in [-0.2, 0) is 10.0 Å². The summed E-state index contributed by atoms with van der Waals surface area (Å²) in [4.78, 5) is 10.9. The SMILES string of the molecule is CCC(NS(=O)(=O)c1ccc(C(=O)O)s1)C1CCCCC1. The minimum Gasteiger partial charge on any atom is -0.477 e. The number of carbonyl (C=O) groups is 1. The van der Waals surface area contributed by atoms with E-state index < -0.39 is 16.0 Å². The molecule has 1 aromatic heterocycles. The van der Waals surface area contributed by atoms with Gasteiger partial charge < -0.3 is 5.11 Å². The maximum atomic E-state index is 12.4. The predicted molar refractivity (Wildman–Crippen MR) is 82.3 cm³/mol. The molecule has 1 aromatic rings. The van der Waals surface area contributed by atoms with Gasteiger partial charge >= 0.3 is 5.97 Å². The van der Waals surface area contributed by atoms with Crippen molar-refractivity contribution in [3.05, 3.63) is 17.0 Å². The van der Waals surface area contributed by atoms with Crippen LogP contribution in [0.1, 0.15) is 55.1 Å². The molecule has 1 unspecified atom stereocenters. The van der Waals surface area contributed by atoms with Gasteiger partial charge in [0, 0.05) is 6.04 Å². The van der Waals surface area contributed by atoms with E-state index in [0.717, 1.165) is 43.4 Å². The molecule has 5 nitrogen and oxygen atoms in total. The summed E-state index contributed by atoms with van der Waals surface area (Å²) < 4.78 is 27.6. The standard InChI is InChI=1S/C14H21NO4S2/c1-2-11(10-6-4-3-5-7-10)15-21(18,19)13-9-8-12(20-13)14(16)17/h8-11,15H,2-7H2,1H3,(H,16,17). The molecular weight excluding hydrogens is 310 g/mol. The Morgan fingerprint density at radius 2 is 2.05 bits per heavy atom. The number of hydrogen-bond acceptors (Lipinski definition) is 4. The van der Waals surface area contributed by atoms with E-state index in [1.165, 1.54) is 18.6 Å². The molecule has 1 fully saturated rings. The van der Waals surface area contributed by atoms with Gasteiger partial charge in [-0.2, -0.15) is 0 Å². The molecule has 0 saturated heterocycles. The summed E-state index contributed by atoms with van der Waals surface area (Å²) >= 11 is 0.797. The van der Waals surface area contributed by atoms with Crippen LogP contribution in [0.3, 0.4) is 0 Å². The zero-order valence-corrected chi connectivity index (χ0v) is 13.7. The number of thiophene rings is 1. The van der Waals surface area contributed by atoms with Crippen LogP contribution in [0.4, 0.5) is 0 Å². The van der Waals surface area contributed by atoms with Gasteiger partial charge in [0.15, 0.2) is 0 Å². The molecule has 0 aliphatic heterocycles. The molecule has 7 heteroatoms. The van der Waals surface area contributed by atoms with Crippen molar-refractivity contribution in [2.45, 2.75) is 55.7 Å². The first-order valence-electron chi connectivity index (χ1n) is 7.29. The summed E-state index contributed by atoms with van der Waals surface area (Å²) in [5.74, 6) is -0.710. The van der Waals surface area contributed by atoms with Crippen molar-refractivity contribution in [1.29, 1.82) is 0 Å². The highest BCUT2D eigenvalue weighted by molar-refractivity contribution is 7.91. The first-order chi connectivity index (χ1) is 9.94. The van der Waals surface area contributed by atoms with Crippen molar-refractivity contribution in [1.82, 2.24) is 4.72 Å². The van der Waals surface area contributed by atoms with Crippen LogP contribution in [0, 0.1) is 5.92 Å². The number of rotatable bonds is 6. The van der Waals surface area contributed by atoms with Gasteiger partial charge in [0.2, 0.25) is 10.0 Å². The average molecular weight is 331 g/mol. The van der Waals surface area contributed by atoms with E-state index in [1.807, 2.05) is 6.92 Å². The van der Waals surface area contributed by atoms with Crippen LogP contribution in [0.5, 0.6) is 0 Å². The highest BCUT2D eigenvalue weighted by Crippen LogP contribution is 2.29.